The second kappa shape index (κ2) is 6.88. The Balaban J connectivity index is 1.67. The molecule has 2 aliphatic rings. The van der Waals surface area contributed by atoms with Gasteiger partial charge in [-0.3, -0.25) is 4.79 Å². The summed E-state index contributed by atoms with van der Waals surface area (Å²) in [6.45, 7) is 3.17. The van der Waals surface area contributed by atoms with E-state index in [9.17, 15) is 13.2 Å². The van der Waals surface area contributed by atoms with Crippen molar-refractivity contribution in [2.24, 2.45) is 0 Å². The lowest BCUT2D eigenvalue weighted by molar-refractivity contribution is -0.118. The molecule has 0 radical (unpaired) electrons. The number of hydrogen-bond donors (Lipinski definition) is 2. The van der Waals surface area contributed by atoms with Crippen LogP contribution in [0.5, 0.6) is 0 Å². The third kappa shape index (κ3) is 3.93. The van der Waals surface area contributed by atoms with Crippen LogP contribution < -0.4 is 10.6 Å². The Bertz CT molecular complexity index is 671. The van der Waals surface area contributed by atoms with Crippen molar-refractivity contribution < 1.29 is 13.2 Å². The van der Waals surface area contributed by atoms with Gasteiger partial charge in [0.1, 0.15) is 4.21 Å². The minimum atomic E-state index is -3.40. The van der Waals surface area contributed by atoms with Crippen LogP contribution in [0, 0.1) is 0 Å². The summed E-state index contributed by atoms with van der Waals surface area (Å²) in [6.07, 6.45) is 3.76. The summed E-state index contributed by atoms with van der Waals surface area (Å²) >= 11 is 1.31. The number of carbonyl (C=O) groups excluding carboxylic acids is 1. The second-order valence-electron chi connectivity index (χ2n) is 6.24. The molecule has 0 spiro atoms. The SMILES string of the molecule is CC(=O)NCCc1ccc(S(=O)(=O)N2CCC3CCC(C2)N3)s1. The van der Waals surface area contributed by atoms with E-state index in [2.05, 4.69) is 10.6 Å². The van der Waals surface area contributed by atoms with E-state index in [0.717, 1.165) is 24.1 Å². The third-order valence-corrected chi connectivity index (χ3v) is 7.94. The van der Waals surface area contributed by atoms with Crippen molar-refractivity contribution in [3.05, 3.63) is 17.0 Å². The lowest BCUT2D eigenvalue weighted by Gasteiger charge is -2.22. The largest absolute Gasteiger partial charge is 0.356 e. The van der Waals surface area contributed by atoms with E-state index in [1.807, 2.05) is 6.07 Å². The van der Waals surface area contributed by atoms with E-state index in [0.29, 0.717) is 36.3 Å². The third-order valence-electron chi connectivity index (χ3n) is 4.46. The van der Waals surface area contributed by atoms with Crippen LogP contribution in [0.2, 0.25) is 0 Å². The van der Waals surface area contributed by atoms with Crippen LogP contribution >= 0.6 is 11.3 Å². The van der Waals surface area contributed by atoms with Crippen molar-refractivity contribution in [3.8, 4) is 0 Å². The zero-order chi connectivity index (χ0) is 16.4. The second-order valence-corrected chi connectivity index (χ2v) is 9.58. The quantitative estimate of drug-likeness (QED) is 0.822. The van der Waals surface area contributed by atoms with Gasteiger partial charge < -0.3 is 10.6 Å². The van der Waals surface area contributed by atoms with Gasteiger partial charge in [0.15, 0.2) is 0 Å². The predicted octanol–water partition coefficient (Wildman–Crippen LogP) is 0.942. The minimum absolute atomic E-state index is 0.0680. The van der Waals surface area contributed by atoms with Crippen LogP contribution in [0.25, 0.3) is 0 Å². The maximum absolute atomic E-state index is 12.9. The molecule has 8 heteroatoms. The van der Waals surface area contributed by atoms with Gasteiger partial charge in [0.05, 0.1) is 0 Å². The maximum Gasteiger partial charge on any atom is 0.252 e. The molecule has 2 aliphatic heterocycles. The molecule has 2 unspecified atom stereocenters. The molecular weight excluding hydrogens is 334 g/mol. The zero-order valence-electron chi connectivity index (χ0n) is 13.2. The van der Waals surface area contributed by atoms with Gasteiger partial charge in [-0.1, -0.05) is 0 Å². The molecule has 1 amide bonds. The highest BCUT2D eigenvalue weighted by Crippen LogP contribution is 2.29. The Morgan fingerprint density at radius 3 is 2.91 bits per heavy atom. The van der Waals surface area contributed by atoms with Gasteiger partial charge in [0, 0.05) is 43.5 Å². The zero-order valence-corrected chi connectivity index (χ0v) is 14.9. The molecule has 2 bridgehead atoms. The molecule has 1 aromatic rings. The van der Waals surface area contributed by atoms with E-state index in [4.69, 9.17) is 0 Å². The van der Waals surface area contributed by atoms with Crippen molar-refractivity contribution in [2.45, 2.75) is 48.9 Å². The molecular formula is C15H23N3O3S2. The first-order valence-corrected chi connectivity index (χ1v) is 10.3. The number of sulfonamides is 1. The molecule has 3 rings (SSSR count). The van der Waals surface area contributed by atoms with Crippen LogP contribution in [-0.2, 0) is 21.2 Å². The molecule has 0 aliphatic carbocycles. The van der Waals surface area contributed by atoms with Crippen molar-refractivity contribution >= 4 is 27.3 Å². The van der Waals surface area contributed by atoms with Crippen LogP contribution in [0.1, 0.15) is 31.1 Å². The van der Waals surface area contributed by atoms with Gasteiger partial charge in [-0.25, -0.2) is 8.42 Å². The highest BCUT2D eigenvalue weighted by Gasteiger charge is 2.35. The number of nitrogens with one attached hydrogen (secondary N) is 2. The number of hydrogen-bond acceptors (Lipinski definition) is 5. The highest BCUT2D eigenvalue weighted by atomic mass is 32.2. The van der Waals surface area contributed by atoms with Crippen LogP contribution in [0.3, 0.4) is 0 Å². The molecule has 0 aromatic carbocycles. The van der Waals surface area contributed by atoms with Crippen molar-refractivity contribution in [3.63, 3.8) is 0 Å². The minimum Gasteiger partial charge on any atom is -0.356 e. The smallest absolute Gasteiger partial charge is 0.252 e. The molecule has 2 saturated heterocycles. The van der Waals surface area contributed by atoms with E-state index >= 15 is 0 Å². The number of amides is 1. The van der Waals surface area contributed by atoms with Crippen molar-refractivity contribution in [1.29, 1.82) is 0 Å². The van der Waals surface area contributed by atoms with Crippen LogP contribution in [0.15, 0.2) is 16.3 Å². The average Bonchev–Trinajstić information content (AvgIpc) is 3.05. The van der Waals surface area contributed by atoms with Gasteiger partial charge in [0.25, 0.3) is 10.0 Å². The first-order valence-electron chi connectivity index (χ1n) is 8.04. The first-order chi connectivity index (χ1) is 10.9. The Labute approximate surface area is 141 Å². The Hall–Kier alpha value is -0.960. The fraction of sp³-hybridized carbons (Fsp3) is 0.667. The van der Waals surface area contributed by atoms with E-state index in [1.165, 1.54) is 18.3 Å². The molecule has 128 valence electrons. The summed E-state index contributed by atoms with van der Waals surface area (Å²) in [6, 6.07) is 4.30. The van der Waals surface area contributed by atoms with E-state index in [1.54, 1.807) is 10.4 Å². The summed E-state index contributed by atoms with van der Waals surface area (Å²) in [5.74, 6) is -0.0680. The Morgan fingerprint density at radius 1 is 1.35 bits per heavy atom. The summed E-state index contributed by atoms with van der Waals surface area (Å²) in [7, 11) is -3.40. The number of fused-ring (bicyclic) bond motifs is 2. The number of nitrogens with zero attached hydrogens (tertiary/aromatic N) is 1. The normalized spacial score (nSPS) is 25.3. The van der Waals surface area contributed by atoms with Gasteiger partial charge in [-0.05, 0) is 37.8 Å². The summed E-state index contributed by atoms with van der Waals surface area (Å²) < 4.78 is 27.7. The van der Waals surface area contributed by atoms with Crippen molar-refractivity contribution in [1.82, 2.24) is 14.9 Å². The van der Waals surface area contributed by atoms with Gasteiger partial charge >= 0.3 is 0 Å². The molecule has 2 atom stereocenters. The molecule has 1 aromatic heterocycles. The molecule has 2 N–H and O–H groups in total. The van der Waals surface area contributed by atoms with E-state index < -0.39 is 10.0 Å². The number of rotatable bonds is 5. The fourth-order valence-corrected chi connectivity index (χ4v) is 6.26. The van der Waals surface area contributed by atoms with Gasteiger partial charge in [-0.2, -0.15) is 4.31 Å². The lowest BCUT2D eigenvalue weighted by Crippen LogP contribution is -2.38. The van der Waals surface area contributed by atoms with E-state index in [-0.39, 0.29) is 11.9 Å². The Morgan fingerprint density at radius 2 is 2.13 bits per heavy atom. The number of carbonyl (C=O) groups is 1. The monoisotopic (exact) mass is 357 g/mol. The number of thiophene rings is 1. The lowest BCUT2D eigenvalue weighted by atomic mass is 10.1. The standard InChI is InChI=1S/C15H23N3O3S2/c1-11(19)16-8-6-14-4-5-15(22-14)23(20,21)18-9-7-12-2-3-13(10-18)17-12/h4-5,12-13,17H,2-3,6-10H2,1H3,(H,16,19). The molecule has 6 nitrogen and oxygen atoms in total. The Kier molecular flexibility index (Phi) is 5.05. The van der Waals surface area contributed by atoms with Gasteiger partial charge in [-0.15, -0.1) is 11.3 Å². The average molecular weight is 358 g/mol. The topological polar surface area (TPSA) is 78.5 Å². The predicted molar refractivity (Wildman–Crippen MR) is 90.0 cm³/mol. The fourth-order valence-electron chi connectivity index (χ4n) is 3.25. The maximum atomic E-state index is 12.9. The summed E-state index contributed by atoms with van der Waals surface area (Å²) in [4.78, 5) is 11.9. The van der Waals surface area contributed by atoms with Crippen LogP contribution in [-0.4, -0.2) is 50.3 Å². The molecule has 0 saturated carbocycles. The van der Waals surface area contributed by atoms with Crippen LogP contribution in [0.4, 0.5) is 0 Å². The van der Waals surface area contributed by atoms with Crippen molar-refractivity contribution in [2.75, 3.05) is 19.6 Å². The summed E-state index contributed by atoms with van der Waals surface area (Å²) in [5.41, 5.74) is 0. The summed E-state index contributed by atoms with van der Waals surface area (Å²) in [5, 5.41) is 6.24. The molecule has 23 heavy (non-hydrogen) atoms. The van der Waals surface area contributed by atoms with Gasteiger partial charge in [0.2, 0.25) is 5.91 Å². The highest BCUT2D eigenvalue weighted by molar-refractivity contribution is 7.91. The first kappa shape index (κ1) is 16.9. The molecule has 2 fully saturated rings. The molecule has 3 heterocycles.